The van der Waals surface area contributed by atoms with Crippen LogP contribution in [-0.4, -0.2) is 40.9 Å². The van der Waals surface area contributed by atoms with Gasteiger partial charge in [-0.05, 0) is 13.0 Å². The van der Waals surface area contributed by atoms with Crippen molar-refractivity contribution in [3.8, 4) is 5.75 Å². The molecule has 0 aliphatic carbocycles. The second-order valence-electron chi connectivity index (χ2n) is 5.56. The highest BCUT2D eigenvalue weighted by Crippen LogP contribution is 2.21. The number of nitrogens with one attached hydrogen (secondary N) is 2. The molecule has 0 spiro atoms. The van der Waals surface area contributed by atoms with Gasteiger partial charge in [-0.3, -0.25) is 19.8 Å². The van der Waals surface area contributed by atoms with Crippen LogP contribution in [-0.2, 0) is 13.1 Å². The largest absolute Gasteiger partial charge is 0.434 e. The fourth-order valence-electron chi connectivity index (χ4n) is 2.31. The first-order valence-corrected chi connectivity index (χ1v) is 8.04. The predicted molar refractivity (Wildman–Crippen MR) is 94.9 cm³/mol. The first kappa shape index (κ1) is 20.1. The molecule has 0 aliphatic rings. The summed E-state index contributed by atoms with van der Waals surface area (Å²) in [5, 5.41) is 20.6. The van der Waals surface area contributed by atoms with Crippen LogP contribution in [0.3, 0.4) is 0 Å². The van der Waals surface area contributed by atoms with E-state index in [9.17, 15) is 18.9 Å². The third-order valence-corrected chi connectivity index (χ3v) is 3.57. The number of ether oxygens (including phenoxy) is 1. The lowest BCUT2D eigenvalue weighted by atomic mass is 10.1. The van der Waals surface area contributed by atoms with Gasteiger partial charge in [-0.1, -0.05) is 17.7 Å². The Hall–Kier alpha value is -3.24. The SMILES string of the molecule is CN=C(NCCn1cc([N+](=O)[O-])cn1)NCc1cc(C)ccc1OC(F)F. The fraction of sp³-hybridized carbons (Fsp3) is 0.375. The van der Waals surface area contributed by atoms with Crippen LogP contribution in [0, 0.1) is 17.0 Å². The van der Waals surface area contributed by atoms with Crippen LogP contribution in [0.5, 0.6) is 5.75 Å². The zero-order valence-corrected chi connectivity index (χ0v) is 14.9. The van der Waals surface area contributed by atoms with Gasteiger partial charge in [0.25, 0.3) is 0 Å². The number of nitro groups is 1. The summed E-state index contributed by atoms with van der Waals surface area (Å²) in [4.78, 5) is 14.2. The molecule has 27 heavy (non-hydrogen) atoms. The molecule has 0 fully saturated rings. The molecule has 0 unspecified atom stereocenters. The van der Waals surface area contributed by atoms with Crippen molar-refractivity contribution in [3.05, 3.63) is 51.8 Å². The fourth-order valence-corrected chi connectivity index (χ4v) is 2.31. The van der Waals surface area contributed by atoms with E-state index in [0.29, 0.717) is 24.6 Å². The number of halogens is 2. The highest BCUT2D eigenvalue weighted by atomic mass is 19.3. The maximum absolute atomic E-state index is 12.5. The molecular weight excluding hydrogens is 362 g/mol. The van der Waals surface area contributed by atoms with Crippen molar-refractivity contribution < 1.29 is 18.4 Å². The molecule has 1 heterocycles. The van der Waals surface area contributed by atoms with Crippen molar-refractivity contribution in [2.75, 3.05) is 13.6 Å². The summed E-state index contributed by atoms with van der Waals surface area (Å²) < 4.78 is 31.0. The number of aliphatic imine (C=N–C) groups is 1. The average molecular weight is 382 g/mol. The van der Waals surface area contributed by atoms with Gasteiger partial charge in [0.2, 0.25) is 0 Å². The van der Waals surface area contributed by atoms with Gasteiger partial charge in [-0.15, -0.1) is 0 Å². The maximum Gasteiger partial charge on any atom is 0.387 e. The number of rotatable bonds is 8. The van der Waals surface area contributed by atoms with Crippen LogP contribution < -0.4 is 15.4 Å². The molecule has 1 aromatic heterocycles. The van der Waals surface area contributed by atoms with E-state index >= 15 is 0 Å². The first-order chi connectivity index (χ1) is 12.9. The third kappa shape index (κ3) is 6.20. The Kier molecular flexibility index (Phi) is 7.03. The van der Waals surface area contributed by atoms with Gasteiger partial charge in [-0.25, -0.2) is 0 Å². The number of alkyl halides is 2. The second kappa shape index (κ2) is 9.46. The van der Waals surface area contributed by atoms with E-state index in [0.717, 1.165) is 5.56 Å². The molecule has 11 heteroatoms. The molecule has 146 valence electrons. The molecule has 0 aliphatic heterocycles. The van der Waals surface area contributed by atoms with E-state index in [1.165, 1.54) is 23.1 Å². The number of hydrogen-bond donors (Lipinski definition) is 2. The zero-order chi connectivity index (χ0) is 19.8. The van der Waals surface area contributed by atoms with Gasteiger partial charge < -0.3 is 15.4 Å². The Morgan fingerprint density at radius 1 is 1.44 bits per heavy atom. The van der Waals surface area contributed by atoms with Crippen molar-refractivity contribution in [3.63, 3.8) is 0 Å². The molecule has 0 amide bonds. The summed E-state index contributed by atoms with van der Waals surface area (Å²) in [6.07, 6.45) is 2.51. The van der Waals surface area contributed by atoms with Gasteiger partial charge in [0.05, 0.1) is 11.5 Å². The number of aryl methyl sites for hydroxylation is 1. The second-order valence-corrected chi connectivity index (χ2v) is 5.56. The quantitative estimate of drug-likeness (QED) is 0.313. The zero-order valence-electron chi connectivity index (χ0n) is 14.9. The Morgan fingerprint density at radius 2 is 2.22 bits per heavy atom. The summed E-state index contributed by atoms with van der Waals surface area (Å²) >= 11 is 0. The molecular formula is C16H20F2N6O3. The van der Waals surface area contributed by atoms with Gasteiger partial charge in [0.15, 0.2) is 5.96 Å². The highest BCUT2D eigenvalue weighted by Gasteiger charge is 2.11. The molecule has 0 saturated heterocycles. The van der Waals surface area contributed by atoms with Gasteiger partial charge in [-0.2, -0.15) is 13.9 Å². The number of hydrogen-bond acceptors (Lipinski definition) is 5. The minimum atomic E-state index is -2.90. The van der Waals surface area contributed by atoms with E-state index in [-0.39, 0.29) is 18.0 Å². The molecule has 0 bridgehead atoms. The van der Waals surface area contributed by atoms with Crippen LogP contribution in [0.4, 0.5) is 14.5 Å². The van der Waals surface area contributed by atoms with E-state index in [4.69, 9.17) is 0 Å². The number of benzene rings is 1. The lowest BCUT2D eigenvalue weighted by Gasteiger charge is -2.15. The number of guanidine groups is 1. The minimum absolute atomic E-state index is 0.0801. The lowest BCUT2D eigenvalue weighted by molar-refractivity contribution is -0.385. The Bertz CT molecular complexity index is 809. The molecule has 0 atom stereocenters. The monoisotopic (exact) mass is 382 g/mol. The van der Waals surface area contributed by atoms with Crippen LogP contribution in [0.15, 0.2) is 35.6 Å². The van der Waals surface area contributed by atoms with Gasteiger partial charge in [0, 0.05) is 25.7 Å². The first-order valence-electron chi connectivity index (χ1n) is 8.04. The average Bonchev–Trinajstić information content (AvgIpc) is 3.09. The van der Waals surface area contributed by atoms with Gasteiger partial charge in [0.1, 0.15) is 18.1 Å². The van der Waals surface area contributed by atoms with Crippen LogP contribution in [0.1, 0.15) is 11.1 Å². The van der Waals surface area contributed by atoms with Crippen LogP contribution in [0.2, 0.25) is 0 Å². The van der Waals surface area contributed by atoms with E-state index in [1.807, 2.05) is 6.92 Å². The van der Waals surface area contributed by atoms with E-state index < -0.39 is 11.5 Å². The Balaban J connectivity index is 1.88. The van der Waals surface area contributed by atoms with E-state index in [2.05, 4.69) is 25.5 Å². The van der Waals surface area contributed by atoms with Crippen molar-refractivity contribution >= 4 is 11.6 Å². The smallest absolute Gasteiger partial charge is 0.387 e. The predicted octanol–water partition coefficient (Wildman–Crippen LogP) is 2.07. The summed E-state index contributed by atoms with van der Waals surface area (Å²) in [6, 6.07) is 4.94. The minimum Gasteiger partial charge on any atom is -0.434 e. The van der Waals surface area contributed by atoms with Crippen molar-refractivity contribution in [2.45, 2.75) is 26.6 Å². The summed E-state index contributed by atoms with van der Waals surface area (Å²) in [7, 11) is 1.57. The number of nitrogens with zero attached hydrogens (tertiary/aromatic N) is 4. The molecule has 2 N–H and O–H groups in total. The Morgan fingerprint density at radius 3 is 2.85 bits per heavy atom. The molecule has 9 nitrogen and oxygen atoms in total. The highest BCUT2D eigenvalue weighted by molar-refractivity contribution is 5.79. The summed E-state index contributed by atoms with van der Waals surface area (Å²) in [6.45, 7) is -0.0179. The summed E-state index contributed by atoms with van der Waals surface area (Å²) in [5.41, 5.74) is 1.40. The number of aromatic nitrogens is 2. The topological polar surface area (TPSA) is 107 Å². The van der Waals surface area contributed by atoms with E-state index in [1.54, 1.807) is 19.2 Å². The van der Waals surface area contributed by atoms with Crippen molar-refractivity contribution in [1.82, 2.24) is 20.4 Å². The maximum atomic E-state index is 12.5. The molecule has 2 aromatic rings. The van der Waals surface area contributed by atoms with Crippen LogP contribution in [0.25, 0.3) is 0 Å². The standard InChI is InChI=1S/C16H20F2N6O3/c1-11-3-4-14(27-15(17)18)12(7-11)8-21-16(19-2)20-5-6-23-10-13(9-22-23)24(25)26/h3-4,7,9-10,15H,5-6,8H2,1-2H3,(H2,19,20,21). The summed E-state index contributed by atoms with van der Waals surface area (Å²) in [5.74, 6) is 0.545. The third-order valence-electron chi connectivity index (χ3n) is 3.57. The molecule has 1 aromatic carbocycles. The van der Waals surface area contributed by atoms with Crippen molar-refractivity contribution in [1.29, 1.82) is 0 Å². The van der Waals surface area contributed by atoms with Gasteiger partial charge >= 0.3 is 12.3 Å². The van der Waals surface area contributed by atoms with Crippen LogP contribution >= 0.6 is 0 Å². The lowest BCUT2D eigenvalue weighted by Crippen LogP contribution is -2.38. The Labute approximate surface area is 154 Å². The molecule has 2 rings (SSSR count). The molecule has 0 saturated carbocycles. The normalized spacial score (nSPS) is 11.5. The van der Waals surface area contributed by atoms with Crippen molar-refractivity contribution in [2.24, 2.45) is 4.99 Å². The molecule has 0 radical (unpaired) electrons.